The van der Waals surface area contributed by atoms with Crippen molar-refractivity contribution in [1.82, 2.24) is 9.62 Å². The van der Waals surface area contributed by atoms with Crippen LogP contribution in [-0.2, 0) is 14.8 Å². The van der Waals surface area contributed by atoms with Crippen LogP contribution in [0.15, 0.2) is 47.4 Å². The summed E-state index contributed by atoms with van der Waals surface area (Å²) in [5, 5.41) is 2.85. The van der Waals surface area contributed by atoms with Crippen LogP contribution in [0.4, 0.5) is 0 Å². The van der Waals surface area contributed by atoms with Gasteiger partial charge in [0.15, 0.2) is 17.3 Å². The number of sulfonamides is 1. The molecule has 2 aliphatic rings. The van der Waals surface area contributed by atoms with Crippen LogP contribution in [0, 0.1) is 5.92 Å². The van der Waals surface area contributed by atoms with E-state index in [2.05, 4.69) is 5.32 Å². The third-order valence-electron chi connectivity index (χ3n) is 5.72. The molecule has 1 amide bonds. The molecule has 2 aromatic rings. The molecular formula is C23H26N2O7S. The van der Waals surface area contributed by atoms with Crippen molar-refractivity contribution >= 4 is 21.7 Å². The van der Waals surface area contributed by atoms with E-state index < -0.39 is 10.0 Å². The van der Waals surface area contributed by atoms with Crippen molar-refractivity contribution in [1.29, 1.82) is 0 Å². The fourth-order valence-corrected chi connectivity index (χ4v) is 5.35. The second kappa shape index (κ2) is 9.80. The first kappa shape index (κ1) is 23.1. The Balaban J connectivity index is 1.23. The number of carbonyl (C=O) groups excluding carboxylic acids is 2. The van der Waals surface area contributed by atoms with Crippen LogP contribution in [0.5, 0.6) is 17.2 Å². The number of nitrogens with one attached hydrogen (secondary N) is 1. The first-order valence-corrected chi connectivity index (χ1v) is 12.2. The van der Waals surface area contributed by atoms with Gasteiger partial charge < -0.3 is 19.5 Å². The maximum Gasteiger partial charge on any atom is 0.243 e. The zero-order valence-corrected chi connectivity index (χ0v) is 19.1. The maximum absolute atomic E-state index is 12.9. The van der Waals surface area contributed by atoms with Crippen LogP contribution in [-0.4, -0.2) is 57.4 Å². The molecule has 0 aliphatic carbocycles. The zero-order valence-electron chi connectivity index (χ0n) is 18.3. The molecule has 0 aromatic heterocycles. The SMILES string of the molecule is CC(=O)c1cccc(S(=O)(=O)N2CCC(C(=O)NCCOc3ccc4c(c3)OCO4)CC2)c1. The summed E-state index contributed by atoms with van der Waals surface area (Å²) in [4.78, 5) is 24.2. The van der Waals surface area contributed by atoms with Gasteiger partial charge >= 0.3 is 0 Å². The van der Waals surface area contributed by atoms with E-state index >= 15 is 0 Å². The Morgan fingerprint density at radius 1 is 1.09 bits per heavy atom. The van der Waals surface area contributed by atoms with Gasteiger partial charge in [0.2, 0.25) is 22.7 Å². The van der Waals surface area contributed by atoms with Crippen LogP contribution >= 0.6 is 0 Å². The minimum atomic E-state index is -3.71. The molecule has 0 atom stereocenters. The summed E-state index contributed by atoms with van der Waals surface area (Å²) in [5.74, 6) is 1.37. The van der Waals surface area contributed by atoms with Gasteiger partial charge in [-0.15, -0.1) is 0 Å². The monoisotopic (exact) mass is 474 g/mol. The first-order chi connectivity index (χ1) is 15.8. The van der Waals surface area contributed by atoms with E-state index in [0.29, 0.717) is 48.8 Å². The van der Waals surface area contributed by atoms with E-state index in [1.54, 1.807) is 30.3 Å². The molecule has 0 radical (unpaired) electrons. The summed E-state index contributed by atoms with van der Waals surface area (Å²) in [6.07, 6.45) is 0.862. The molecule has 1 saturated heterocycles. The van der Waals surface area contributed by atoms with Gasteiger partial charge in [-0.1, -0.05) is 12.1 Å². The minimum absolute atomic E-state index is 0.0961. The molecular weight excluding hydrogens is 448 g/mol. The number of fused-ring (bicyclic) bond motifs is 1. The van der Waals surface area contributed by atoms with Gasteiger partial charge in [-0.05, 0) is 44.0 Å². The number of amides is 1. The van der Waals surface area contributed by atoms with Gasteiger partial charge in [-0.2, -0.15) is 4.31 Å². The maximum atomic E-state index is 12.9. The zero-order chi connectivity index (χ0) is 23.4. The van der Waals surface area contributed by atoms with E-state index in [0.717, 1.165) is 0 Å². The number of piperidine rings is 1. The number of ether oxygens (including phenoxy) is 3. The third-order valence-corrected chi connectivity index (χ3v) is 7.61. The Morgan fingerprint density at radius 3 is 2.61 bits per heavy atom. The van der Waals surface area contributed by atoms with Crippen molar-refractivity contribution in [2.45, 2.75) is 24.7 Å². The third kappa shape index (κ3) is 5.28. The largest absolute Gasteiger partial charge is 0.492 e. The molecule has 0 saturated carbocycles. The molecule has 0 unspecified atom stereocenters. The lowest BCUT2D eigenvalue weighted by molar-refractivity contribution is -0.126. The van der Waals surface area contributed by atoms with Gasteiger partial charge in [0.25, 0.3) is 0 Å². The summed E-state index contributed by atoms with van der Waals surface area (Å²) in [6.45, 7) is 2.72. The molecule has 1 fully saturated rings. The van der Waals surface area contributed by atoms with E-state index in [4.69, 9.17) is 14.2 Å². The van der Waals surface area contributed by atoms with E-state index in [9.17, 15) is 18.0 Å². The minimum Gasteiger partial charge on any atom is -0.492 e. The predicted octanol–water partition coefficient (Wildman–Crippen LogP) is 2.21. The smallest absolute Gasteiger partial charge is 0.243 e. The lowest BCUT2D eigenvalue weighted by Gasteiger charge is -2.30. The highest BCUT2D eigenvalue weighted by molar-refractivity contribution is 7.89. The number of rotatable bonds is 8. The highest BCUT2D eigenvalue weighted by Crippen LogP contribution is 2.35. The van der Waals surface area contributed by atoms with Crippen molar-refractivity contribution in [2.24, 2.45) is 5.92 Å². The van der Waals surface area contributed by atoms with Crippen LogP contribution < -0.4 is 19.5 Å². The van der Waals surface area contributed by atoms with Gasteiger partial charge in [0, 0.05) is 30.6 Å². The van der Waals surface area contributed by atoms with Crippen LogP contribution in [0.25, 0.3) is 0 Å². The fraction of sp³-hybridized carbons (Fsp3) is 0.391. The molecule has 176 valence electrons. The molecule has 1 N–H and O–H groups in total. The second-order valence-electron chi connectivity index (χ2n) is 7.92. The summed E-state index contributed by atoms with van der Waals surface area (Å²) in [6, 6.07) is 11.3. The highest BCUT2D eigenvalue weighted by atomic mass is 32.2. The Kier molecular flexibility index (Phi) is 6.85. The lowest BCUT2D eigenvalue weighted by Crippen LogP contribution is -2.43. The fourth-order valence-electron chi connectivity index (χ4n) is 3.84. The molecule has 2 aromatic carbocycles. The van der Waals surface area contributed by atoms with Gasteiger partial charge in [0.05, 0.1) is 11.4 Å². The molecule has 2 heterocycles. The average molecular weight is 475 g/mol. The lowest BCUT2D eigenvalue weighted by atomic mass is 9.97. The molecule has 4 rings (SSSR count). The summed E-state index contributed by atoms with van der Waals surface area (Å²) < 4.78 is 43.5. The number of hydrogen-bond acceptors (Lipinski definition) is 7. The van der Waals surface area contributed by atoms with Crippen molar-refractivity contribution in [3.8, 4) is 17.2 Å². The molecule has 10 heteroatoms. The normalized spacial score (nSPS) is 16.4. The van der Waals surface area contributed by atoms with Crippen LogP contribution in [0.3, 0.4) is 0 Å². The number of nitrogens with zero attached hydrogens (tertiary/aromatic N) is 1. The number of Topliss-reactive ketones (excluding diaryl/α,β-unsaturated/α-hetero) is 1. The Bertz CT molecular complexity index is 1140. The summed E-state index contributed by atoms with van der Waals surface area (Å²) in [5.41, 5.74) is 0.355. The number of ketones is 1. The standard InChI is InChI=1S/C23H26N2O7S/c1-16(26)18-3-2-4-20(13-18)33(28,29)25-10-7-17(8-11-25)23(27)24-9-12-30-19-5-6-21-22(14-19)32-15-31-21/h2-6,13-14,17H,7-12,15H2,1H3,(H,24,27). The van der Waals surface area contributed by atoms with Crippen molar-refractivity contribution < 1.29 is 32.2 Å². The number of hydrogen-bond donors (Lipinski definition) is 1. The quantitative estimate of drug-likeness (QED) is 0.461. The van der Waals surface area contributed by atoms with Gasteiger partial charge in [-0.3, -0.25) is 9.59 Å². The van der Waals surface area contributed by atoms with E-state index in [1.807, 2.05) is 0 Å². The van der Waals surface area contributed by atoms with E-state index in [1.165, 1.54) is 23.4 Å². The number of carbonyl (C=O) groups is 2. The van der Waals surface area contributed by atoms with E-state index in [-0.39, 0.29) is 42.4 Å². The van der Waals surface area contributed by atoms with Crippen molar-refractivity contribution in [2.75, 3.05) is 33.0 Å². The molecule has 0 bridgehead atoms. The van der Waals surface area contributed by atoms with Crippen molar-refractivity contribution in [3.63, 3.8) is 0 Å². The average Bonchev–Trinajstić information content (AvgIpc) is 3.30. The second-order valence-corrected chi connectivity index (χ2v) is 9.85. The van der Waals surface area contributed by atoms with Gasteiger partial charge in [0.1, 0.15) is 12.4 Å². The van der Waals surface area contributed by atoms with Gasteiger partial charge in [-0.25, -0.2) is 8.42 Å². The Labute approximate surface area is 192 Å². The molecule has 33 heavy (non-hydrogen) atoms. The molecule has 0 spiro atoms. The summed E-state index contributed by atoms with van der Waals surface area (Å²) in [7, 11) is -3.71. The summed E-state index contributed by atoms with van der Waals surface area (Å²) >= 11 is 0. The Morgan fingerprint density at radius 2 is 1.85 bits per heavy atom. The van der Waals surface area contributed by atoms with Crippen LogP contribution in [0.1, 0.15) is 30.1 Å². The first-order valence-electron chi connectivity index (χ1n) is 10.8. The highest BCUT2D eigenvalue weighted by Gasteiger charge is 2.32. The predicted molar refractivity (Wildman–Crippen MR) is 119 cm³/mol. The topological polar surface area (TPSA) is 111 Å². The molecule has 2 aliphatic heterocycles. The molecule has 9 nitrogen and oxygen atoms in total. The van der Waals surface area contributed by atoms with Crippen LogP contribution in [0.2, 0.25) is 0 Å². The number of benzene rings is 2. The van der Waals surface area contributed by atoms with Crippen molar-refractivity contribution in [3.05, 3.63) is 48.0 Å². The Hall–Kier alpha value is -3.11.